The van der Waals surface area contributed by atoms with Crippen LogP contribution in [-0.4, -0.2) is 56.7 Å². The van der Waals surface area contributed by atoms with Gasteiger partial charge < -0.3 is 9.80 Å². The third-order valence-electron chi connectivity index (χ3n) is 5.86. The number of pyridine rings is 2. The highest BCUT2D eigenvalue weighted by molar-refractivity contribution is 6.05. The van der Waals surface area contributed by atoms with Gasteiger partial charge in [0, 0.05) is 44.1 Å². The second-order valence-electron chi connectivity index (χ2n) is 8.85. The van der Waals surface area contributed by atoms with Crippen LogP contribution in [-0.2, 0) is 6.18 Å². The van der Waals surface area contributed by atoms with Crippen molar-refractivity contribution in [2.45, 2.75) is 45.8 Å². The standard InChI is InChI=1S/C23H27F3N6O/c1-14(2)19-11-17(18-13-28-32(15(3)4)21(18)29-19)22(33)31-9-7-30(8-10-31)20-6-5-16(12-27-20)23(24,25)26/h5-6,11-15H,7-10H2,1-4H3. The second kappa shape index (κ2) is 8.64. The molecule has 0 radical (unpaired) electrons. The lowest BCUT2D eigenvalue weighted by molar-refractivity contribution is -0.137. The third kappa shape index (κ3) is 4.51. The number of alkyl halides is 3. The summed E-state index contributed by atoms with van der Waals surface area (Å²) < 4.78 is 40.2. The predicted octanol–water partition coefficient (Wildman–Crippen LogP) is 4.51. The van der Waals surface area contributed by atoms with Gasteiger partial charge in [-0.05, 0) is 38.0 Å². The lowest BCUT2D eigenvalue weighted by Crippen LogP contribution is -2.49. The number of hydrogen-bond donors (Lipinski definition) is 0. The van der Waals surface area contributed by atoms with Crippen molar-refractivity contribution in [3.05, 3.63) is 47.4 Å². The lowest BCUT2D eigenvalue weighted by Gasteiger charge is -2.35. The van der Waals surface area contributed by atoms with E-state index in [2.05, 4.69) is 10.1 Å². The van der Waals surface area contributed by atoms with E-state index in [4.69, 9.17) is 4.98 Å². The highest BCUT2D eigenvalue weighted by Gasteiger charge is 2.31. The molecule has 1 amide bonds. The Bertz CT molecular complexity index is 1150. The molecule has 1 fully saturated rings. The molecule has 1 aliphatic heterocycles. The number of aromatic nitrogens is 4. The van der Waals surface area contributed by atoms with Crippen molar-refractivity contribution in [2.24, 2.45) is 0 Å². The summed E-state index contributed by atoms with van der Waals surface area (Å²) in [5.74, 6) is 0.536. The molecule has 176 valence electrons. The van der Waals surface area contributed by atoms with Crippen LogP contribution >= 0.6 is 0 Å². The van der Waals surface area contributed by atoms with Gasteiger partial charge in [0.1, 0.15) is 5.82 Å². The summed E-state index contributed by atoms with van der Waals surface area (Å²) in [5.41, 5.74) is 1.34. The molecule has 0 aromatic carbocycles. The molecule has 1 aliphatic rings. The normalized spacial score (nSPS) is 15.2. The van der Waals surface area contributed by atoms with Gasteiger partial charge in [0.05, 0.1) is 22.7 Å². The number of rotatable bonds is 4. The monoisotopic (exact) mass is 460 g/mol. The fourth-order valence-corrected chi connectivity index (χ4v) is 3.94. The number of hydrogen-bond acceptors (Lipinski definition) is 5. The predicted molar refractivity (Wildman–Crippen MR) is 119 cm³/mol. The highest BCUT2D eigenvalue weighted by Crippen LogP contribution is 2.30. The van der Waals surface area contributed by atoms with E-state index >= 15 is 0 Å². The van der Waals surface area contributed by atoms with Gasteiger partial charge in [-0.2, -0.15) is 18.3 Å². The van der Waals surface area contributed by atoms with Crippen molar-refractivity contribution in [3.63, 3.8) is 0 Å². The van der Waals surface area contributed by atoms with Crippen molar-refractivity contribution < 1.29 is 18.0 Å². The molecule has 3 aromatic heterocycles. The topological polar surface area (TPSA) is 67.2 Å². The fraction of sp³-hybridized carbons (Fsp3) is 0.478. The van der Waals surface area contributed by atoms with Gasteiger partial charge in [-0.3, -0.25) is 4.79 Å². The second-order valence-corrected chi connectivity index (χ2v) is 8.85. The molecule has 0 N–H and O–H groups in total. The summed E-state index contributed by atoms with van der Waals surface area (Å²) in [6.45, 7) is 9.98. The van der Waals surface area contributed by atoms with Crippen LogP contribution < -0.4 is 4.90 Å². The first-order valence-corrected chi connectivity index (χ1v) is 11.0. The summed E-state index contributed by atoms with van der Waals surface area (Å²) >= 11 is 0. The highest BCUT2D eigenvalue weighted by atomic mass is 19.4. The number of halogens is 3. The minimum absolute atomic E-state index is 0.0902. The summed E-state index contributed by atoms with van der Waals surface area (Å²) in [4.78, 5) is 25.9. The zero-order valence-corrected chi connectivity index (χ0v) is 19.1. The van der Waals surface area contributed by atoms with E-state index in [1.165, 1.54) is 6.07 Å². The van der Waals surface area contributed by atoms with Crippen LogP contribution in [0.1, 0.15) is 61.3 Å². The summed E-state index contributed by atoms with van der Waals surface area (Å²) in [5, 5.41) is 5.17. The van der Waals surface area contributed by atoms with Gasteiger partial charge in [-0.1, -0.05) is 13.8 Å². The first kappa shape index (κ1) is 23.0. The van der Waals surface area contributed by atoms with E-state index in [1.54, 1.807) is 11.1 Å². The molecular formula is C23H27F3N6O. The Morgan fingerprint density at radius 2 is 1.73 bits per heavy atom. The molecule has 33 heavy (non-hydrogen) atoms. The molecule has 0 saturated carbocycles. The molecule has 10 heteroatoms. The molecule has 3 aromatic rings. The first-order valence-electron chi connectivity index (χ1n) is 11.0. The molecule has 0 atom stereocenters. The van der Waals surface area contributed by atoms with E-state index in [9.17, 15) is 18.0 Å². The molecular weight excluding hydrogens is 433 g/mol. The number of anilines is 1. The van der Waals surface area contributed by atoms with E-state index in [0.717, 1.165) is 23.3 Å². The Balaban J connectivity index is 1.54. The van der Waals surface area contributed by atoms with Gasteiger partial charge in [0.25, 0.3) is 5.91 Å². The minimum Gasteiger partial charge on any atom is -0.353 e. The van der Waals surface area contributed by atoms with Crippen molar-refractivity contribution in [3.8, 4) is 0 Å². The summed E-state index contributed by atoms with van der Waals surface area (Å²) in [7, 11) is 0. The fourth-order valence-electron chi connectivity index (χ4n) is 3.94. The SMILES string of the molecule is CC(C)c1cc(C(=O)N2CCN(c3ccc(C(F)(F)F)cn3)CC2)c2cnn(C(C)C)c2n1. The van der Waals surface area contributed by atoms with Crippen LogP contribution in [0.5, 0.6) is 0 Å². The van der Waals surface area contributed by atoms with Gasteiger partial charge >= 0.3 is 6.18 Å². The molecule has 0 unspecified atom stereocenters. The van der Waals surface area contributed by atoms with Crippen LogP contribution in [0.3, 0.4) is 0 Å². The van der Waals surface area contributed by atoms with Gasteiger partial charge in [-0.15, -0.1) is 0 Å². The van der Waals surface area contributed by atoms with Gasteiger partial charge in [-0.25, -0.2) is 14.6 Å². The number of carbonyl (C=O) groups excluding carboxylic acids is 1. The maximum Gasteiger partial charge on any atom is 0.417 e. The van der Waals surface area contributed by atoms with E-state index in [-0.39, 0.29) is 17.9 Å². The summed E-state index contributed by atoms with van der Waals surface area (Å²) in [6.07, 6.45) is -1.87. The quantitative estimate of drug-likeness (QED) is 0.573. The van der Waals surface area contributed by atoms with E-state index in [0.29, 0.717) is 43.2 Å². The molecule has 0 aliphatic carbocycles. The maximum absolute atomic E-state index is 13.5. The third-order valence-corrected chi connectivity index (χ3v) is 5.86. The van der Waals surface area contributed by atoms with Crippen molar-refractivity contribution in [1.82, 2.24) is 24.6 Å². The van der Waals surface area contributed by atoms with Crippen molar-refractivity contribution in [1.29, 1.82) is 0 Å². The van der Waals surface area contributed by atoms with E-state index in [1.807, 2.05) is 43.3 Å². The Kier molecular flexibility index (Phi) is 6.02. The van der Waals surface area contributed by atoms with E-state index < -0.39 is 11.7 Å². The molecule has 4 heterocycles. The number of fused-ring (bicyclic) bond motifs is 1. The lowest BCUT2D eigenvalue weighted by atomic mass is 10.0. The van der Waals surface area contributed by atoms with Crippen LogP contribution in [0.15, 0.2) is 30.6 Å². The van der Waals surface area contributed by atoms with Gasteiger partial charge in [0.15, 0.2) is 5.65 Å². The van der Waals surface area contributed by atoms with Crippen molar-refractivity contribution >= 4 is 22.8 Å². The Morgan fingerprint density at radius 3 is 2.27 bits per heavy atom. The minimum atomic E-state index is -4.41. The number of nitrogens with zero attached hydrogens (tertiary/aromatic N) is 6. The van der Waals surface area contributed by atoms with Crippen LogP contribution in [0.25, 0.3) is 11.0 Å². The Hall–Kier alpha value is -3.17. The smallest absolute Gasteiger partial charge is 0.353 e. The maximum atomic E-state index is 13.5. The molecule has 0 bridgehead atoms. The molecule has 7 nitrogen and oxygen atoms in total. The summed E-state index contributed by atoms with van der Waals surface area (Å²) in [6, 6.07) is 4.38. The van der Waals surface area contributed by atoms with Crippen LogP contribution in [0.2, 0.25) is 0 Å². The first-order chi connectivity index (χ1) is 15.6. The average molecular weight is 461 g/mol. The van der Waals surface area contributed by atoms with Crippen LogP contribution in [0.4, 0.5) is 19.0 Å². The zero-order valence-electron chi connectivity index (χ0n) is 19.1. The van der Waals surface area contributed by atoms with Crippen LogP contribution in [0, 0.1) is 0 Å². The van der Waals surface area contributed by atoms with Crippen molar-refractivity contribution in [2.75, 3.05) is 31.1 Å². The average Bonchev–Trinajstić information content (AvgIpc) is 3.22. The number of carbonyl (C=O) groups is 1. The Morgan fingerprint density at radius 1 is 1.03 bits per heavy atom. The Labute approximate surface area is 190 Å². The molecule has 4 rings (SSSR count). The van der Waals surface area contributed by atoms with Gasteiger partial charge in [0.2, 0.25) is 0 Å². The largest absolute Gasteiger partial charge is 0.417 e. The number of amides is 1. The zero-order chi connectivity index (χ0) is 23.9. The molecule has 0 spiro atoms. The molecule has 1 saturated heterocycles. The number of piperazine rings is 1.